The molecule has 2 aromatic rings. The van der Waals surface area contributed by atoms with Crippen LogP contribution in [0.3, 0.4) is 0 Å². The van der Waals surface area contributed by atoms with E-state index in [2.05, 4.69) is 5.32 Å². The van der Waals surface area contributed by atoms with Crippen LogP contribution in [0.25, 0.3) is 0 Å². The van der Waals surface area contributed by atoms with E-state index in [1.165, 1.54) is 30.0 Å². The molecule has 0 fully saturated rings. The fourth-order valence-corrected chi connectivity index (χ4v) is 2.86. The summed E-state index contributed by atoms with van der Waals surface area (Å²) in [7, 11) is 1.52. The van der Waals surface area contributed by atoms with Crippen molar-refractivity contribution < 1.29 is 19.1 Å². The minimum absolute atomic E-state index is 0.157. The van der Waals surface area contributed by atoms with Gasteiger partial charge in [0.05, 0.1) is 18.6 Å². The minimum Gasteiger partial charge on any atom is -0.495 e. The van der Waals surface area contributed by atoms with Gasteiger partial charge in [0.25, 0.3) is 5.91 Å². The number of para-hydroxylation sites is 2. The Hall–Kier alpha value is -2.47. The zero-order chi connectivity index (χ0) is 18.2. The molecule has 0 saturated heterocycles. The number of methoxy groups -OCH3 is 1. The van der Waals surface area contributed by atoms with Crippen LogP contribution in [0.4, 0.5) is 5.69 Å². The predicted molar refractivity (Wildman–Crippen MR) is 99.2 cm³/mol. The highest BCUT2D eigenvalue weighted by atomic mass is 32.2. The second kappa shape index (κ2) is 9.13. The molecule has 6 heteroatoms. The Morgan fingerprint density at radius 3 is 2.56 bits per heavy atom. The average Bonchev–Trinajstić information content (AvgIpc) is 2.61. The number of ether oxygens (including phenoxy) is 2. The second-order valence-electron chi connectivity index (χ2n) is 5.44. The van der Waals surface area contributed by atoms with E-state index in [-0.39, 0.29) is 12.4 Å². The van der Waals surface area contributed by atoms with Gasteiger partial charge in [-0.15, -0.1) is 11.8 Å². The molecule has 0 unspecified atom stereocenters. The van der Waals surface area contributed by atoms with Gasteiger partial charge in [0, 0.05) is 4.90 Å². The van der Waals surface area contributed by atoms with Gasteiger partial charge in [-0.25, -0.2) is 0 Å². The molecule has 1 amide bonds. The van der Waals surface area contributed by atoms with Gasteiger partial charge in [-0.05, 0) is 49.2 Å². The van der Waals surface area contributed by atoms with Crippen LogP contribution in [0, 0.1) is 13.8 Å². The fourth-order valence-electron chi connectivity index (χ4n) is 2.07. The molecule has 0 radical (unpaired) electrons. The molecule has 0 aliphatic heterocycles. The van der Waals surface area contributed by atoms with Gasteiger partial charge in [-0.2, -0.15) is 0 Å². The maximum Gasteiger partial charge on any atom is 0.316 e. The van der Waals surface area contributed by atoms with Crippen LogP contribution in [0.5, 0.6) is 5.75 Å². The van der Waals surface area contributed by atoms with Gasteiger partial charge in [-0.1, -0.05) is 18.2 Å². The number of carbonyl (C=O) groups excluding carboxylic acids is 2. The van der Waals surface area contributed by atoms with Crippen molar-refractivity contribution in [3.8, 4) is 5.75 Å². The number of anilines is 1. The van der Waals surface area contributed by atoms with Gasteiger partial charge in [0.1, 0.15) is 5.75 Å². The van der Waals surface area contributed by atoms with Gasteiger partial charge < -0.3 is 14.8 Å². The zero-order valence-corrected chi connectivity index (χ0v) is 15.3. The summed E-state index contributed by atoms with van der Waals surface area (Å²) < 4.78 is 10.2. The molecule has 0 aliphatic rings. The molecule has 0 aromatic heterocycles. The first-order valence-electron chi connectivity index (χ1n) is 7.78. The lowest BCUT2D eigenvalue weighted by atomic mass is 10.1. The highest BCUT2D eigenvalue weighted by Crippen LogP contribution is 2.23. The molecule has 25 heavy (non-hydrogen) atoms. The van der Waals surface area contributed by atoms with Gasteiger partial charge in [0.15, 0.2) is 6.61 Å². The molecule has 132 valence electrons. The number of carbonyl (C=O) groups is 2. The highest BCUT2D eigenvalue weighted by Gasteiger charge is 2.11. The minimum atomic E-state index is -0.432. The summed E-state index contributed by atoms with van der Waals surface area (Å²) in [5.74, 6) is -0.135. The molecule has 5 nitrogen and oxygen atoms in total. The van der Waals surface area contributed by atoms with Crippen LogP contribution in [-0.2, 0) is 14.3 Å². The molecule has 0 bridgehead atoms. The number of hydrogen-bond donors (Lipinski definition) is 1. The summed E-state index contributed by atoms with van der Waals surface area (Å²) in [6.45, 7) is 3.74. The molecule has 0 spiro atoms. The lowest BCUT2D eigenvalue weighted by Crippen LogP contribution is -2.21. The van der Waals surface area contributed by atoms with Crippen molar-refractivity contribution in [2.24, 2.45) is 0 Å². The Kier molecular flexibility index (Phi) is 6.89. The van der Waals surface area contributed by atoms with Crippen molar-refractivity contribution in [3.63, 3.8) is 0 Å². The van der Waals surface area contributed by atoms with Crippen molar-refractivity contribution in [1.29, 1.82) is 0 Å². The largest absolute Gasteiger partial charge is 0.495 e. The molecule has 0 atom stereocenters. The van der Waals surface area contributed by atoms with E-state index in [1.807, 2.05) is 32.0 Å². The molecule has 0 saturated carbocycles. The summed E-state index contributed by atoms with van der Waals surface area (Å²) in [6.07, 6.45) is 0. The lowest BCUT2D eigenvalue weighted by Gasteiger charge is -2.10. The van der Waals surface area contributed by atoms with Crippen LogP contribution in [0.2, 0.25) is 0 Å². The highest BCUT2D eigenvalue weighted by molar-refractivity contribution is 8.00. The number of amides is 1. The quantitative estimate of drug-likeness (QED) is 0.605. The Labute approximate surface area is 151 Å². The number of aryl methyl sites for hydroxylation is 2. The zero-order valence-electron chi connectivity index (χ0n) is 14.5. The summed E-state index contributed by atoms with van der Waals surface area (Å²) in [5, 5.41) is 2.66. The van der Waals surface area contributed by atoms with E-state index < -0.39 is 11.9 Å². The lowest BCUT2D eigenvalue weighted by molar-refractivity contribution is -0.144. The molecule has 0 heterocycles. The van der Waals surface area contributed by atoms with E-state index >= 15 is 0 Å². The smallest absolute Gasteiger partial charge is 0.316 e. The van der Waals surface area contributed by atoms with E-state index in [0.29, 0.717) is 11.4 Å². The molecule has 1 N–H and O–H groups in total. The van der Waals surface area contributed by atoms with Crippen LogP contribution >= 0.6 is 11.8 Å². The van der Waals surface area contributed by atoms with E-state index in [0.717, 1.165) is 4.90 Å². The van der Waals surface area contributed by atoms with E-state index in [9.17, 15) is 9.59 Å². The molecule has 0 aliphatic carbocycles. The molecular formula is C19H21NO4S. The number of nitrogens with one attached hydrogen (secondary N) is 1. The monoisotopic (exact) mass is 359 g/mol. The Morgan fingerprint density at radius 2 is 1.84 bits per heavy atom. The van der Waals surface area contributed by atoms with Crippen molar-refractivity contribution in [3.05, 3.63) is 53.6 Å². The number of hydrogen-bond acceptors (Lipinski definition) is 5. The van der Waals surface area contributed by atoms with Crippen LogP contribution in [0.15, 0.2) is 47.4 Å². The molecule has 2 rings (SSSR count). The normalized spacial score (nSPS) is 10.2. The number of esters is 1. The van der Waals surface area contributed by atoms with Crippen molar-refractivity contribution in [2.45, 2.75) is 18.7 Å². The maximum absolute atomic E-state index is 11.9. The van der Waals surface area contributed by atoms with Gasteiger partial charge >= 0.3 is 5.97 Å². The Balaban J connectivity index is 1.77. The van der Waals surface area contributed by atoms with Crippen LogP contribution in [-0.4, -0.2) is 31.3 Å². The molecular weight excluding hydrogens is 338 g/mol. The standard InChI is InChI=1S/C19H21NO4S/c1-13-8-9-15(10-14(13)2)25-12-19(22)24-11-18(21)20-16-6-4-5-7-17(16)23-3/h4-10H,11-12H2,1-3H3,(H,20,21). The predicted octanol–water partition coefficient (Wildman–Crippen LogP) is 3.59. The van der Waals surface area contributed by atoms with Crippen molar-refractivity contribution in [2.75, 3.05) is 24.8 Å². The number of benzene rings is 2. The van der Waals surface area contributed by atoms with E-state index in [1.54, 1.807) is 24.3 Å². The molecule has 2 aromatic carbocycles. The maximum atomic E-state index is 11.9. The third-order valence-corrected chi connectivity index (χ3v) is 4.55. The Bertz CT molecular complexity index is 761. The summed E-state index contributed by atoms with van der Waals surface area (Å²) in [4.78, 5) is 24.7. The third-order valence-electron chi connectivity index (χ3n) is 3.58. The third kappa shape index (κ3) is 5.83. The summed E-state index contributed by atoms with van der Waals surface area (Å²) in [5.41, 5.74) is 2.92. The summed E-state index contributed by atoms with van der Waals surface area (Å²) in [6, 6.07) is 13.1. The topological polar surface area (TPSA) is 64.6 Å². The van der Waals surface area contributed by atoms with Crippen LogP contribution < -0.4 is 10.1 Å². The van der Waals surface area contributed by atoms with E-state index in [4.69, 9.17) is 9.47 Å². The first-order chi connectivity index (χ1) is 12.0. The first-order valence-corrected chi connectivity index (χ1v) is 8.76. The Morgan fingerprint density at radius 1 is 1.08 bits per heavy atom. The van der Waals surface area contributed by atoms with Crippen molar-refractivity contribution in [1.82, 2.24) is 0 Å². The van der Waals surface area contributed by atoms with Crippen LogP contribution in [0.1, 0.15) is 11.1 Å². The summed E-state index contributed by atoms with van der Waals surface area (Å²) >= 11 is 1.39. The second-order valence-corrected chi connectivity index (χ2v) is 6.49. The van der Waals surface area contributed by atoms with Gasteiger partial charge in [-0.3, -0.25) is 9.59 Å². The number of rotatable bonds is 7. The number of thioether (sulfide) groups is 1. The average molecular weight is 359 g/mol. The fraction of sp³-hybridized carbons (Fsp3) is 0.263. The SMILES string of the molecule is COc1ccccc1NC(=O)COC(=O)CSc1ccc(C)c(C)c1. The first kappa shape index (κ1) is 18.9. The van der Waals surface area contributed by atoms with Gasteiger partial charge in [0.2, 0.25) is 0 Å². The van der Waals surface area contributed by atoms with Crippen molar-refractivity contribution >= 4 is 29.3 Å².